The van der Waals surface area contributed by atoms with Gasteiger partial charge < -0.3 is 13.4 Å². The van der Waals surface area contributed by atoms with Crippen LogP contribution in [0.5, 0.6) is 0 Å². The molecule has 0 amide bonds. The van der Waals surface area contributed by atoms with Crippen LogP contribution in [0.3, 0.4) is 0 Å². The lowest BCUT2D eigenvalue weighted by molar-refractivity contribution is 0.647. The number of fused-ring (bicyclic) bond motifs is 15. The van der Waals surface area contributed by atoms with Gasteiger partial charge in [-0.2, -0.15) is 0 Å². The highest BCUT2D eigenvalue weighted by molar-refractivity contribution is 6.14. The number of aromatic nitrogens is 1. The van der Waals surface area contributed by atoms with Gasteiger partial charge in [0, 0.05) is 55.3 Å². The molecule has 3 heteroatoms. The highest BCUT2D eigenvalue weighted by atomic mass is 16.3. The van der Waals surface area contributed by atoms with Crippen molar-refractivity contribution in [3.05, 3.63) is 192 Å². The molecule has 10 aromatic rings. The van der Waals surface area contributed by atoms with Crippen LogP contribution in [0.15, 0.2) is 173 Å². The van der Waals surface area contributed by atoms with Crippen molar-refractivity contribution in [1.29, 1.82) is 0 Å². The lowest BCUT2D eigenvalue weighted by Crippen LogP contribution is -2.18. The Balaban J connectivity index is 0.940. The van der Waals surface area contributed by atoms with E-state index in [1.54, 1.807) is 0 Å². The first-order valence-corrected chi connectivity index (χ1v) is 20.4. The quantitative estimate of drug-likeness (QED) is 0.177. The van der Waals surface area contributed by atoms with E-state index in [9.17, 15) is 0 Å². The van der Waals surface area contributed by atoms with Crippen LogP contribution in [0, 0.1) is 11.8 Å². The molecule has 3 nitrogen and oxygen atoms in total. The third kappa shape index (κ3) is 3.84. The molecule has 0 aliphatic heterocycles. The van der Waals surface area contributed by atoms with E-state index >= 15 is 0 Å². The molecule has 0 bridgehead atoms. The highest BCUT2D eigenvalue weighted by Crippen LogP contribution is 2.56. The number of furan rings is 2. The Kier molecular flexibility index (Phi) is 5.69. The lowest BCUT2D eigenvalue weighted by atomic mass is 9.72. The van der Waals surface area contributed by atoms with Gasteiger partial charge in [0.15, 0.2) is 0 Å². The van der Waals surface area contributed by atoms with Crippen molar-refractivity contribution in [3.8, 4) is 16.8 Å². The standard InChI is InChI=1S/C55H35NO2/c1-55(2)46-28-49-42(26-40(46)41-27-45-36-13-6-8-17-50(36)58-53(45)29-47(41)55)35-12-5-7-16-48(35)56(49)31-19-23-52-44(25-31)43-24-30(18-22-51(43)57-52)32-20-21-39-34-11-4-3-10-33(34)38-15-9-14-37(32)54(38)39/h3-29,37,54H,1-2H3. The fraction of sp³-hybridized carbons (Fsp3) is 0.0909. The Morgan fingerprint density at radius 2 is 1.10 bits per heavy atom. The first-order valence-electron chi connectivity index (χ1n) is 20.4. The van der Waals surface area contributed by atoms with Crippen LogP contribution in [0.2, 0.25) is 0 Å². The summed E-state index contributed by atoms with van der Waals surface area (Å²) in [6.07, 6.45) is 11.7. The van der Waals surface area contributed by atoms with E-state index in [2.05, 4.69) is 176 Å². The van der Waals surface area contributed by atoms with Gasteiger partial charge in [0.2, 0.25) is 0 Å². The summed E-state index contributed by atoms with van der Waals surface area (Å²) >= 11 is 0. The van der Waals surface area contributed by atoms with E-state index in [0.717, 1.165) is 44.2 Å². The molecule has 7 aromatic carbocycles. The Morgan fingerprint density at radius 3 is 1.97 bits per heavy atom. The van der Waals surface area contributed by atoms with Crippen molar-refractivity contribution in [2.24, 2.45) is 11.8 Å². The van der Waals surface area contributed by atoms with Crippen molar-refractivity contribution in [3.63, 3.8) is 0 Å². The van der Waals surface area contributed by atoms with Crippen LogP contribution in [-0.2, 0) is 5.41 Å². The molecule has 4 aliphatic carbocycles. The van der Waals surface area contributed by atoms with Gasteiger partial charge in [-0.05, 0) is 122 Å². The minimum Gasteiger partial charge on any atom is -0.456 e. The van der Waals surface area contributed by atoms with Gasteiger partial charge in [-0.3, -0.25) is 0 Å². The van der Waals surface area contributed by atoms with Gasteiger partial charge in [0.05, 0.1) is 11.0 Å². The second-order valence-electron chi connectivity index (χ2n) is 17.2. The predicted molar refractivity (Wildman–Crippen MR) is 239 cm³/mol. The highest BCUT2D eigenvalue weighted by Gasteiger charge is 2.41. The molecule has 3 heterocycles. The molecule has 3 aromatic heterocycles. The van der Waals surface area contributed by atoms with Gasteiger partial charge in [-0.25, -0.2) is 0 Å². The van der Waals surface area contributed by atoms with E-state index in [1.165, 1.54) is 82.9 Å². The maximum Gasteiger partial charge on any atom is 0.135 e. The van der Waals surface area contributed by atoms with Crippen LogP contribution in [0.4, 0.5) is 0 Å². The zero-order chi connectivity index (χ0) is 38.0. The van der Waals surface area contributed by atoms with Gasteiger partial charge in [0.1, 0.15) is 22.3 Å². The fourth-order valence-electron chi connectivity index (χ4n) is 11.3. The lowest BCUT2D eigenvalue weighted by Gasteiger charge is -2.31. The number of hydrogen-bond donors (Lipinski definition) is 0. The molecular formula is C55H35NO2. The minimum atomic E-state index is -0.205. The van der Waals surface area contributed by atoms with Crippen molar-refractivity contribution in [1.82, 2.24) is 4.57 Å². The third-order valence-corrected chi connectivity index (χ3v) is 14.0. The van der Waals surface area contributed by atoms with E-state index in [-0.39, 0.29) is 11.3 Å². The second kappa shape index (κ2) is 10.6. The first-order chi connectivity index (χ1) is 28.5. The summed E-state index contributed by atoms with van der Waals surface area (Å²) in [5.41, 5.74) is 20.5. The molecule has 14 rings (SSSR count). The maximum absolute atomic E-state index is 6.54. The van der Waals surface area contributed by atoms with Crippen molar-refractivity contribution in [2.45, 2.75) is 19.3 Å². The Bertz CT molecular complexity index is 3660. The number of nitrogens with zero attached hydrogens (tertiary/aromatic N) is 1. The number of allylic oxidation sites excluding steroid dienone is 8. The third-order valence-electron chi connectivity index (χ3n) is 14.0. The molecule has 0 radical (unpaired) electrons. The predicted octanol–water partition coefficient (Wildman–Crippen LogP) is 14.6. The van der Waals surface area contributed by atoms with E-state index in [1.807, 2.05) is 6.07 Å². The summed E-state index contributed by atoms with van der Waals surface area (Å²) in [4.78, 5) is 0. The van der Waals surface area contributed by atoms with Crippen LogP contribution < -0.4 is 0 Å². The van der Waals surface area contributed by atoms with Crippen LogP contribution in [0.1, 0.15) is 41.7 Å². The summed E-state index contributed by atoms with van der Waals surface area (Å²) in [5, 5.41) is 7.12. The monoisotopic (exact) mass is 741 g/mol. The number of hydrogen-bond acceptors (Lipinski definition) is 2. The molecule has 0 spiro atoms. The topological polar surface area (TPSA) is 31.2 Å². The molecule has 0 saturated carbocycles. The van der Waals surface area contributed by atoms with Crippen molar-refractivity contribution >= 4 is 82.4 Å². The number of rotatable bonds is 2. The zero-order valence-electron chi connectivity index (χ0n) is 32.0. The van der Waals surface area contributed by atoms with Crippen LogP contribution in [0.25, 0.3) is 99.2 Å². The molecule has 0 N–H and O–H groups in total. The summed E-state index contributed by atoms with van der Waals surface area (Å²) in [7, 11) is 0. The molecule has 0 fully saturated rings. The van der Waals surface area contributed by atoms with Gasteiger partial charge in [-0.15, -0.1) is 0 Å². The van der Waals surface area contributed by atoms with Gasteiger partial charge in [0.25, 0.3) is 0 Å². The molecule has 4 aliphatic rings. The van der Waals surface area contributed by atoms with Crippen molar-refractivity contribution < 1.29 is 8.83 Å². The average Bonchev–Trinajstić information content (AvgIpc) is 4.04. The summed E-state index contributed by atoms with van der Waals surface area (Å²) in [6.45, 7) is 4.71. The van der Waals surface area contributed by atoms with Crippen LogP contribution >= 0.6 is 0 Å². The average molecular weight is 742 g/mol. The minimum absolute atomic E-state index is 0.205. The van der Waals surface area contributed by atoms with Crippen LogP contribution in [-0.4, -0.2) is 4.57 Å². The molecule has 272 valence electrons. The number of benzene rings is 7. The Hall–Kier alpha value is -7.10. The zero-order valence-corrected chi connectivity index (χ0v) is 32.0. The summed E-state index contributed by atoms with van der Waals surface area (Å²) < 4.78 is 15.4. The second-order valence-corrected chi connectivity index (χ2v) is 17.2. The van der Waals surface area contributed by atoms with E-state index in [4.69, 9.17) is 8.83 Å². The smallest absolute Gasteiger partial charge is 0.135 e. The fourth-order valence-corrected chi connectivity index (χ4v) is 11.3. The van der Waals surface area contributed by atoms with Gasteiger partial charge >= 0.3 is 0 Å². The van der Waals surface area contributed by atoms with E-state index in [0.29, 0.717) is 5.92 Å². The SMILES string of the molecule is CC1(C)c2cc3oc4ccccc4c3cc2-c2cc3c4ccccc4n(-c4ccc5oc6ccc(C7=CC=C8c9ccccc9C9=CC=CC7C98)cc6c5c4)c3cc21. The normalized spacial score (nSPS) is 18.6. The Labute approximate surface area is 334 Å². The summed E-state index contributed by atoms with van der Waals surface area (Å²) in [5.74, 6) is 0.642. The molecule has 58 heavy (non-hydrogen) atoms. The molecule has 2 atom stereocenters. The Morgan fingerprint density at radius 1 is 0.466 bits per heavy atom. The van der Waals surface area contributed by atoms with E-state index < -0.39 is 0 Å². The summed E-state index contributed by atoms with van der Waals surface area (Å²) in [6, 6.07) is 49.2. The number of para-hydroxylation sites is 2. The molecular weight excluding hydrogens is 707 g/mol. The van der Waals surface area contributed by atoms with Gasteiger partial charge in [-0.1, -0.05) is 111 Å². The van der Waals surface area contributed by atoms with Crippen molar-refractivity contribution in [2.75, 3.05) is 0 Å². The molecule has 2 unspecified atom stereocenters. The molecule has 0 saturated heterocycles. The largest absolute Gasteiger partial charge is 0.456 e. The first kappa shape index (κ1) is 31.0. The maximum atomic E-state index is 6.54.